The van der Waals surface area contributed by atoms with Crippen LogP contribution in [0.15, 0.2) is 12.2 Å². The van der Waals surface area contributed by atoms with Crippen molar-refractivity contribution in [2.45, 2.75) is 108 Å². The van der Waals surface area contributed by atoms with Crippen LogP contribution in [-0.4, -0.2) is 89.7 Å². The average molecular weight is 599 g/mol. The molecule has 5 fully saturated rings. The van der Waals surface area contributed by atoms with E-state index >= 15 is 0 Å². The van der Waals surface area contributed by atoms with Crippen LogP contribution in [-0.2, 0) is 57.1 Å². The molecular weight excluding hydrogens is 564 g/mol. The fourth-order valence-corrected chi connectivity index (χ4v) is 8.13. The van der Waals surface area contributed by atoms with Gasteiger partial charge in [0.25, 0.3) is 0 Å². The Kier molecular flexibility index (Phi) is 7.22. The van der Waals surface area contributed by atoms with Crippen molar-refractivity contribution < 1.29 is 57.1 Å². The normalized spacial score (nSPS) is 46.2. The van der Waals surface area contributed by atoms with Crippen LogP contribution in [0.3, 0.4) is 0 Å². The second-order valence-electron chi connectivity index (χ2n) is 11.9. The molecule has 12 atom stereocenters. The topological polar surface area (TPSA) is 153 Å². The summed E-state index contributed by atoms with van der Waals surface area (Å²) in [5.41, 5.74) is -3.82. The second-order valence-corrected chi connectivity index (χ2v) is 12.4. The van der Waals surface area contributed by atoms with Crippen molar-refractivity contribution in [1.82, 2.24) is 0 Å². The lowest BCUT2D eigenvalue weighted by Crippen LogP contribution is -2.76. The third-order valence-corrected chi connectivity index (χ3v) is 10.0. The standard InChI is InChI=1S/C28H35ClO12/c1-11-17-8-18(36-13(3)30)26(7)19(37-14(4)31)9-20(38-15(5)32)27(10-35-27)22(26)24(39-16(6)33)28(41-17)12(2)25(34)40-23(28)21(11)29/h12,17-24H,1,8-10H2,2-7H3/t12-,17?,18-,19-,20+,21-,22+,23-,24-,26-,27+,28?/m0/s1. The summed E-state index contributed by atoms with van der Waals surface area (Å²) < 4.78 is 42.2. The molecule has 5 rings (SSSR count). The van der Waals surface area contributed by atoms with Crippen molar-refractivity contribution in [3.8, 4) is 0 Å². The molecule has 1 aliphatic carbocycles. The molecule has 12 nitrogen and oxygen atoms in total. The van der Waals surface area contributed by atoms with Crippen LogP contribution in [0, 0.1) is 17.3 Å². The van der Waals surface area contributed by atoms with Crippen LogP contribution >= 0.6 is 11.6 Å². The SMILES string of the molecule is C=C1C2C[C@H](OC(C)=O)[C@@]3(C)[C@@H](OC(C)=O)C[C@@H](OC(C)=O)[C@]4(CO4)[C@@H]3[C@H](OC(C)=O)C3(O2)[C@@H](C)C(=O)O[C@H]3[C@H]1Cl. The van der Waals surface area contributed by atoms with Gasteiger partial charge in [-0.1, -0.05) is 13.5 Å². The number of fused-ring (bicyclic) bond motifs is 3. The number of alkyl halides is 1. The molecule has 2 spiro atoms. The highest BCUT2D eigenvalue weighted by molar-refractivity contribution is 6.23. The summed E-state index contributed by atoms with van der Waals surface area (Å²) in [5, 5.41) is -0.934. The summed E-state index contributed by atoms with van der Waals surface area (Å²) >= 11 is 6.89. The molecule has 226 valence electrons. The van der Waals surface area contributed by atoms with Crippen LogP contribution in [0.5, 0.6) is 0 Å². The first-order valence-corrected chi connectivity index (χ1v) is 14.1. The van der Waals surface area contributed by atoms with Crippen LogP contribution < -0.4 is 0 Å². The van der Waals surface area contributed by atoms with Gasteiger partial charge < -0.3 is 33.2 Å². The smallest absolute Gasteiger partial charge is 0.312 e. The van der Waals surface area contributed by atoms with Crippen molar-refractivity contribution in [3.05, 3.63) is 12.2 Å². The number of epoxide rings is 1. The van der Waals surface area contributed by atoms with E-state index in [0.29, 0.717) is 5.57 Å². The number of carbonyl (C=O) groups is 5. The molecule has 4 saturated heterocycles. The highest BCUT2D eigenvalue weighted by Crippen LogP contribution is 2.65. The molecule has 1 saturated carbocycles. The summed E-state index contributed by atoms with van der Waals surface area (Å²) in [4.78, 5) is 63.3. The first kappa shape index (κ1) is 29.8. The number of esters is 5. The van der Waals surface area contributed by atoms with E-state index in [1.807, 2.05) is 0 Å². The number of halogens is 1. The first-order chi connectivity index (χ1) is 19.1. The maximum atomic E-state index is 13.2. The molecule has 41 heavy (non-hydrogen) atoms. The average Bonchev–Trinajstić information content (AvgIpc) is 3.59. The third-order valence-electron chi connectivity index (χ3n) is 9.53. The van der Waals surface area contributed by atoms with Crippen molar-refractivity contribution in [2.75, 3.05) is 6.61 Å². The van der Waals surface area contributed by atoms with Gasteiger partial charge in [-0.05, 0) is 12.5 Å². The summed E-state index contributed by atoms with van der Waals surface area (Å²) in [7, 11) is 0. The minimum Gasteiger partial charge on any atom is -0.462 e. The van der Waals surface area contributed by atoms with E-state index in [2.05, 4.69) is 6.58 Å². The predicted molar refractivity (Wildman–Crippen MR) is 137 cm³/mol. The Morgan fingerprint density at radius 3 is 1.93 bits per heavy atom. The summed E-state index contributed by atoms with van der Waals surface area (Å²) in [6, 6.07) is 0. The third kappa shape index (κ3) is 4.36. The monoisotopic (exact) mass is 598 g/mol. The predicted octanol–water partition coefficient (Wildman–Crippen LogP) is 1.77. The molecule has 0 radical (unpaired) electrons. The van der Waals surface area contributed by atoms with Gasteiger partial charge in [-0.15, -0.1) is 11.6 Å². The number of rotatable bonds is 4. The largest absolute Gasteiger partial charge is 0.462 e. The molecule has 0 N–H and O–H groups in total. The maximum Gasteiger partial charge on any atom is 0.312 e. The summed E-state index contributed by atoms with van der Waals surface area (Å²) in [5.74, 6) is -5.12. The van der Waals surface area contributed by atoms with E-state index < -0.39 is 100 Å². The van der Waals surface area contributed by atoms with Gasteiger partial charge in [0.15, 0.2) is 11.7 Å². The Bertz CT molecular complexity index is 1200. The lowest BCUT2D eigenvalue weighted by molar-refractivity contribution is -0.296. The van der Waals surface area contributed by atoms with Crippen molar-refractivity contribution in [2.24, 2.45) is 17.3 Å². The fraction of sp³-hybridized carbons (Fsp3) is 0.750. The Morgan fingerprint density at radius 1 is 0.902 bits per heavy atom. The molecule has 4 aliphatic heterocycles. The first-order valence-electron chi connectivity index (χ1n) is 13.6. The van der Waals surface area contributed by atoms with E-state index in [1.54, 1.807) is 13.8 Å². The van der Waals surface area contributed by atoms with Gasteiger partial charge >= 0.3 is 29.8 Å². The zero-order valence-electron chi connectivity index (χ0n) is 23.8. The highest BCUT2D eigenvalue weighted by atomic mass is 35.5. The zero-order chi connectivity index (χ0) is 30.2. The number of hydrogen-bond acceptors (Lipinski definition) is 12. The van der Waals surface area contributed by atoms with Gasteiger partial charge in [0.05, 0.1) is 29.4 Å². The van der Waals surface area contributed by atoms with E-state index in [0.717, 1.165) is 0 Å². The summed E-state index contributed by atoms with van der Waals surface area (Å²) in [6.07, 6.45) is -6.18. The molecule has 2 bridgehead atoms. The van der Waals surface area contributed by atoms with Gasteiger partial charge in [0.1, 0.15) is 30.0 Å². The van der Waals surface area contributed by atoms with E-state index in [9.17, 15) is 24.0 Å². The number of hydrogen-bond donors (Lipinski definition) is 0. The Balaban J connectivity index is 1.82. The van der Waals surface area contributed by atoms with Gasteiger partial charge in [0.2, 0.25) is 0 Å². The maximum absolute atomic E-state index is 13.2. The lowest BCUT2D eigenvalue weighted by Gasteiger charge is -2.62. The van der Waals surface area contributed by atoms with Gasteiger partial charge in [-0.25, -0.2) is 0 Å². The minimum atomic E-state index is -1.63. The van der Waals surface area contributed by atoms with E-state index in [4.69, 9.17) is 44.8 Å². The minimum absolute atomic E-state index is 0.0166. The summed E-state index contributed by atoms with van der Waals surface area (Å²) in [6.45, 7) is 12.5. The van der Waals surface area contributed by atoms with Gasteiger partial charge in [-0.3, -0.25) is 24.0 Å². The Hall–Kier alpha value is -2.70. The van der Waals surface area contributed by atoms with Crippen LogP contribution in [0.25, 0.3) is 0 Å². The van der Waals surface area contributed by atoms with E-state index in [1.165, 1.54) is 27.7 Å². The molecule has 0 aromatic heterocycles. The molecule has 0 aromatic rings. The molecule has 13 heteroatoms. The second kappa shape index (κ2) is 9.95. The highest BCUT2D eigenvalue weighted by Gasteiger charge is 2.81. The molecule has 5 aliphatic rings. The zero-order valence-corrected chi connectivity index (χ0v) is 24.6. The Labute approximate surface area is 242 Å². The van der Waals surface area contributed by atoms with Crippen molar-refractivity contribution in [3.63, 3.8) is 0 Å². The lowest BCUT2D eigenvalue weighted by atomic mass is 9.51. The molecule has 0 aromatic carbocycles. The van der Waals surface area contributed by atoms with Gasteiger partial charge in [0, 0.05) is 46.5 Å². The van der Waals surface area contributed by atoms with Gasteiger partial charge in [-0.2, -0.15) is 0 Å². The van der Waals surface area contributed by atoms with Crippen molar-refractivity contribution >= 4 is 41.4 Å². The number of carbonyl (C=O) groups excluding carboxylic acids is 5. The molecule has 2 unspecified atom stereocenters. The molecular formula is C28H35ClO12. The number of ether oxygens (including phenoxy) is 7. The van der Waals surface area contributed by atoms with E-state index in [-0.39, 0.29) is 19.4 Å². The van der Waals surface area contributed by atoms with Crippen LogP contribution in [0.1, 0.15) is 54.4 Å². The van der Waals surface area contributed by atoms with Crippen LogP contribution in [0.4, 0.5) is 0 Å². The fourth-order valence-electron chi connectivity index (χ4n) is 7.74. The van der Waals surface area contributed by atoms with Crippen molar-refractivity contribution in [1.29, 1.82) is 0 Å². The molecule has 4 heterocycles. The Morgan fingerprint density at radius 2 is 1.41 bits per heavy atom. The quantitative estimate of drug-likeness (QED) is 0.152. The van der Waals surface area contributed by atoms with Crippen LogP contribution in [0.2, 0.25) is 0 Å². The molecule has 0 amide bonds.